The number of hydrogen-bond donors (Lipinski definition) is 1. The minimum atomic E-state index is -2.92. The zero-order valence-electron chi connectivity index (χ0n) is 11.4. The molecule has 1 N–H and O–H groups in total. The second kappa shape index (κ2) is 6.10. The predicted molar refractivity (Wildman–Crippen MR) is 86.9 cm³/mol. The Morgan fingerprint density at radius 1 is 1.35 bits per heavy atom. The molecule has 0 aliphatic carbocycles. The molecule has 0 saturated heterocycles. The van der Waals surface area contributed by atoms with E-state index in [-0.39, 0.29) is 11.8 Å². The number of fused-ring (bicyclic) bond motifs is 1. The Hall–Kier alpha value is -1.14. The summed E-state index contributed by atoms with van der Waals surface area (Å²) in [7, 11) is -2.92. The normalized spacial score (nSPS) is 13.3. The first kappa shape index (κ1) is 15.3. The van der Waals surface area contributed by atoms with E-state index in [1.54, 1.807) is 6.20 Å². The smallest absolute Gasteiger partial charge is 0.147 e. The molecule has 0 aliphatic heterocycles. The van der Waals surface area contributed by atoms with Gasteiger partial charge in [0.15, 0.2) is 0 Å². The van der Waals surface area contributed by atoms with E-state index >= 15 is 0 Å². The Morgan fingerprint density at radius 2 is 2.10 bits per heavy atom. The monoisotopic (exact) mass is 356 g/mol. The van der Waals surface area contributed by atoms with Crippen molar-refractivity contribution < 1.29 is 8.42 Å². The first-order valence-corrected chi connectivity index (χ1v) is 9.19. The summed E-state index contributed by atoms with van der Waals surface area (Å²) in [6.07, 6.45) is 3.59. The lowest BCUT2D eigenvalue weighted by atomic mass is 10.1. The molecule has 20 heavy (non-hydrogen) atoms. The molecule has 1 aromatic heterocycles. The van der Waals surface area contributed by atoms with Gasteiger partial charge in [0.25, 0.3) is 0 Å². The molecule has 6 heteroatoms. The van der Waals surface area contributed by atoms with Crippen LogP contribution in [0, 0.1) is 0 Å². The Morgan fingerprint density at radius 3 is 2.80 bits per heavy atom. The first-order chi connectivity index (χ1) is 9.35. The summed E-state index contributed by atoms with van der Waals surface area (Å²) in [6.45, 7) is 1.98. The van der Waals surface area contributed by atoms with E-state index in [2.05, 4.69) is 26.2 Å². The maximum Gasteiger partial charge on any atom is 0.147 e. The third-order valence-corrected chi connectivity index (χ3v) is 4.50. The van der Waals surface area contributed by atoms with Gasteiger partial charge in [0.2, 0.25) is 0 Å². The van der Waals surface area contributed by atoms with Crippen molar-refractivity contribution in [3.05, 3.63) is 34.9 Å². The van der Waals surface area contributed by atoms with Gasteiger partial charge in [-0.1, -0.05) is 15.9 Å². The van der Waals surface area contributed by atoms with Gasteiger partial charge < -0.3 is 5.32 Å². The fourth-order valence-electron chi connectivity index (χ4n) is 1.97. The third-order valence-electron chi connectivity index (χ3n) is 3.03. The van der Waals surface area contributed by atoms with E-state index in [9.17, 15) is 8.42 Å². The van der Waals surface area contributed by atoms with Crippen LogP contribution in [-0.4, -0.2) is 31.5 Å². The topological polar surface area (TPSA) is 59.1 Å². The molecule has 0 radical (unpaired) electrons. The molecule has 2 aromatic rings. The van der Waals surface area contributed by atoms with Gasteiger partial charge in [-0.3, -0.25) is 4.98 Å². The number of hydrogen-bond acceptors (Lipinski definition) is 4. The Balaban J connectivity index is 2.19. The number of nitrogens with one attached hydrogen (secondary N) is 1. The second-order valence-corrected chi connectivity index (χ2v) is 8.16. The summed E-state index contributed by atoms with van der Waals surface area (Å²) in [4.78, 5) is 4.32. The van der Waals surface area contributed by atoms with Crippen molar-refractivity contribution in [3.63, 3.8) is 0 Å². The highest BCUT2D eigenvalue weighted by atomic mass is 79.9. The molecule has 1 atom stereocenters. The highest BCUT2D eigenvalue weighted by Crippen LogP contribution is 2.25. The Kier molecular flexibility index (Phi) is 4.65. The number of aromatic nitrogens is 1. The van der Waals surface area contributed by atoms with E-state index in [0.717, 1.165) is 21.1 Å². The molecule has 4 nitrogen and oxygen atoms in total. The molecule has 0 spiro atoms. The van der Waals surface area contributed by atoms with Gasteiger partial charge >= 0.3 is 0 Å². The van der Waals surface area contributed by atoms with E-state index in [1.807, 2.05) is 31.2 Å². The summed E-state index contributed by atoms with van der Waals surface area (Å²) in [5.41, 5.74) is 1.88. The molecule has 0 bridgehead atoms. The molecular formula is C14H17BrN2O2S. The molecule has 0 fully saturated rings. The number of rotatable bonds is 5. The number of anilines is 1. The van der Waals surface area contributed by atoms with Crippen molar-refractivity contribution in [3.8, 4) is 0 Å². The van der Waals surface area contributed by atoms with E-state index in [1.165, 1.54) is 6.26 Å². The zero-order chi connectivity index (χ0) is 14.8. The zero-order valence-corrected chi connectivity index (χ0v) is 13.8. The van der Waals surface area contributed by atoms with Crippen LogP contribution in [-0.2, 0) is 9.84 Å². The van der Waals surface area contributed by atoms with Gasteiger partial charge in [-0.2, -0.15) is 0 Å². The SMILES string of the molecule is CC(CCS(C)(=O)=O)Nc1ccnc2ccc(Br)cc12. The molecule has 1 unspecified atom stereocenters. The number of pyridine rings is 1. The molecule has 2 rings (SSSR count). The van der Waals surface area contributed by atoms with Crippen molar-refractivity contribution in [1.82, 2.24) is 4.98 Å². The van der Waals surface area contributed by atoms with Crippen molar-refractivity contribution in [2.45, 2.75) is 19.4 Å². The van der Waals surface area contributed by atoms with Gasteiger partial charge in [-0.15, -0.1) is 0 Å². The summed E-state index contributed by atoms with van der Waals surface area (Å²) in [6, 6.07) is 7.90. The average Bonchev–Trinajstić information content (AvgIpc) is 2.36. The van der Waals surface area contributed by atoms with Crippen LogP contribution >= 0.6 is 15.9 Å². The Labute approximate surface area is 127 Å². The molecule has 1 heterocycles. The lowest BCUT2D eigenvalue weighted by molar-refractivity contribution is 0.596. The quantitative estimate of drug-likeness (QED) is 0.893. The number of halogens is 1. The summed E-state index contributed by atoms with van der Waals surface area (Å²) in [5, 5.41) is 4.38. The predicted octanol–water partition coefficient (Wildman–Crippen LogP) is 3.23. The minimum absolute atomic E-state index is 0.0781. The Bertz CT molecular complexity index is 716. The molecule has 1 aromatic carbocycles. The molecule has 0 aliphatic rings. The maximum atomic E-state index is 11.2. The molecule has 0 amide bonds. The molecular weight excluding hydrogens is 340 g/mol. The first-order valence-electron chi connectivity index (χ1n) is 6.34. The van der Waals surface area contributed by atoms with Crippen LogP contribution in [0.15, 0.2) is 34.9 Å². The van der Waals surface area contributed by atoms with Crippen LogP contribution in [0.4, 0.5) is 5.69 Å². The summed E-state index contributed by atoms with van der Waals surface area (Å²) >= 11 is 3.45. The largest absolute Gasteiger partial charge is 0.382 e. The average molecular weight is 357 g/mol. The number of sulfone groups is 1. The van der Waals surface area contributed by atoms with Crippen LogP contribution in [0.3, 0.4) is 0 Å². The van der Waals surface area contributed by atoms with Crippen LogP contribution in [0.5, 0.6) is 0 Å². The van der Waals surface area contributed by atoms with Crippen molar-refractivity contribution in [2.24, 2.45) is 0 Å². The lowest BCUT2D eigenvalue weighted by Crippen LogP contribution is -2.19. The third kappa shape index (κ3) is 4.18. The number of benzene rings is 1. The van der Waals surface area contributed by atoms with Crippen molar-refractivity contribution in [2.75, 3.05) is 17.3 Å². The van der Waals surface area contributed by atoms with Crippen LogP contribution in [0.25, 0.3) is 10.9 Å². The van der Waals surface area contributed by atoms with E-state index in [4.69, 9.17) is 0 Å². The van der Waals surface area contributed by atoms with Crippen molar-refractivity contribution >= 4 is 42.4 Å². The summed E-state index contributed by atoms with van der Waals surface area (Å²) < 4.78 is 23.4. The van der Waals surface area contributed by atoms with Gasteiger partial charge in [0.05, 0.1) is 11.3 Å². The number of nitrogens with zero attached hydrogens (tertiary/aromatic N) is 1. The highest BCUT2D eigenvalue weighted by Gasteiger charge is 2.09. The van der Waals surface area contributed by atoms with Gasteiger partial charge in [0, 0.05) is 34.0 Å². The molecule has 0 saturated carbocycles. The van der Waals surface area contributed by atoms with Gasteiger partial charge in [-0.05, 0) is 37.6 Å². The maximum absolute atomic E-state index is 11.2. The summed E-state index contributed by atoms with van der Waals surface area (Å²) in [5.74, 6) is 0.188. The van der Waals surface area contributed by atoms with E-state index in [0.29, 0.717) is 6.42 Å². The van der Waals surface area contributed by atoms with Crippen LogP contribution in [0.2, 0.25) is 0 Å². The second-order valence-electron chi connectivity index (χ2n) is 4.98. The standard InChI is InChI=1S/C14H17BrN2O2S/c1-10(6-8-20(2,18)19)17-14-5-7-16-13-4-3-11(15)9-12(13)14/h3-5,7,9-10H,6,8H2,1-2H3,(H,16,17). The van der Waals surface area contributed by atoms with E-state index < -0.39 is 9.84 Å². The highest BCUT2D eigenvalue weighted by molar-refractivity contribution is 9.10. The van der Waals surface area contributed by atoms with Gasteiger partial charge in [-0.25, -0.2) is 8.42 Å². The van der Waals surface area contributed by atoms with Crippen LogP contribution in [0.1, 0.15) is 13.3 Å². The fourth-order valence-corrected chi connectivity index (χ4v) is 3.12. The minimum Gasteiger partial charge on any atom is -0.382 e. The van der Waals surface area contributed by atoms with Crippen LogP contribution < -0.4 is 5.32 Å². The van der Waals surface area contributed by atoms with Crippen molar-refractivity contribution in [1.29, 1.82) is 0 Å². The molecule has 108 valence electrons. The van der Waals surface area contributed by atoms with Gasteiger partial charge in [0.1, 0.15) is 9.84 Å². The fraction of sp³-hybridized carbons (Fsp3) is 0.357. The lowest BCUT2D eigenvalue weighted by Gasteiger charge is -2.16.